The number of para-hydroxylation sites is 1. The predicted octanol–water partition coefficient (Wildman–Crippen LogP) is 5.32. The van der Waals surface area contributed by atoms with Crippen LogP contribution in [-0.2, 0) is 15.8 Å². The molecule has 3 nitrogen and oxygen atoms in total. The molecule has 23 heavy (non-hydrogen) atoms. The lowest BCUT2D eigenvalue weighted by molar-refractivity contribution is 0.134. The second kappa shape index (κ2) is 7.88. The molecule has 0 saturated heterocycles. The molecule has 0 fully saturated rings. The van der Waals surface area contributed by atoms with E-state index in [1.807, 2.05) is 67.6 Å². The molecule has 0 N–H and O–H groups in total. The Bertz CT molecular complexity index is 631. The molecule has 0 aliphatic rings. The Balaban J connectivity index is 2.13. The molecule has 2 aromatic carbocycles. The molecule has 0 aliphatic carbocycles. The van der Waals surface area contributed by atoms with Crippen molar-refractivity contribution in [3.8, 4) is 5.75 Å². The van der Waals surface area contributed by atoms with E-state index >= 15 is 0 Å². The van der Waals surface area contributed by atoms with Crippen molar-refractivity contribution in [3.05, 3.63) is 77.9 Å². The number of rotatable bonds is 7. The summed E-state index contributed by atoms with van der Waals surface area (Å²) in [7, 11) is -1.81. The average molecular weight is 328 g/mol. The Hall–Kier alpha value is -2.20. The number of allylic oxidation sites excluding steroid dienone is 1. The Morgan fingerprint density at radius 3 is 2.00 bits per heavy atom. The summed E-state index contributed by atoms with van der Waals surface area (Å²) in [6, 6.07) is 19.7. The summed E-state index contributed by atoms with van der Waals surface area (Å²) in [5, 5.41) is 0. The zero-order valence-electron chi connectivity index (χ0n) is 14.2. The number of hydrogen-bond donors (Lipinski definition) is 0. The SMILES string of the molecule is C/C(OCc1ccccc1)=C(/Oc1ccccc1)O[Si](C)(C)C. The molecule has 0 bridgehead atoms. The van der Waals surface area contributed by atoms with Crippen LogP contribution in [0.2, 0.25) is 19.6 Å². The maximum absolute atomic E-state index is 6.06. The number of hydrogen-bond acceptors (Lipinski definition) is 3. The summed E-state index contributed by atoms with van der Waals surface area (Å²) >= 11 is 0. The van der Waals surface area contributed by atoms with Crippen LogP contribution in [0.1, 0.15) is 12.5 Å². The summed E-state index contributed by atoms with van der Waals surface area (Å²) in [4.78, 5) is 0. The monoisotopic (exact) mass is 328 g/mol. The largest absolute Gasteiger partial charge is 0.517 e. The van der Waals surface area contributed by atoms with E-state index in [1.54, 1.807) is 0 Å². The zero-order valence-corrected chi connectivity index (χ0v) is 15.2. The minimum Gasteiger partial charge on any atom is -0.517 e. The summed E-state index contributed by atoms with van der Waals surface area (Å²) in [6.07, 6.45) is 0. The van der Waals surface area contributed by atoms with E-state index < -0.39 is 8.32 Å². The van der Waals surface area contributed by atoms with Crippen molar-refractivity contribution < 1.29 is 13.9 Å². The molecule has 0 spiro atoms. The van der Waals surface area contributed by atoms with Crippen LogP contribution in [-0.4, -0.2) is 8.32 Å². The standard InChI is InChI=1S/C19H24O3Si/c1-16(20-15-17-11-7-5-8-12-17)19(22-23(2,3)4)21-18-13-9-6-10-14-18/h5-14H,15H2,1-4H3/b19-16+. The molecule has 0 amide bonds. The van der Waals surface area contributed by atoms with Crippen LogP contribution in [0.4, 0.5) is 0 Å². The maximum Gasteiger partial charge on any atom is 0.310 e. The van der Waals surface area contributed by atoms with E-state index in [0.717, 1.165) is 11.3 Å². The lowest BCUT2D eigenvalue weighted by Gasteiger charge is -2.23. The van der Waals surface area contributed by atoms with Gasteiger partial charge in [0.05, 0.1) is 0 Å². The van der Waals surface area contributed by atoms with E-state index in [-0.39, 0.29) is 0 Å². The van der Waals surface area contributed by atoms with Crippen LogP contribution in [0.15, 0.2) is 72.4 Å². The van der Waals surface area contributed by atoms with E-state index in [4.69, 9.17) is 13.9 Å². The fourth-order valence-corrected chi connectivity index (χ4v) is 2.60. The summed E-state index contributed by atoms with van der Waals surface area (Å²) in [6.45, 7) is 8.72. The third-order valence-corrected chi connectivity index (χ3v) is 3.74. The van der Waals surface area contributed by atoms with Gasteiger partial charge in [-0.05, 0) is 37.3 Å². The normalized spacial score (nSPS) is 12.3. The highest BCUT2D eigenvalue weighted by atomic mass is 28.4. The van der Waals surface area contributed by atoms with E-state index in [0.29, 0.717) is 18.3 Å². The van der Waals surface area contributed by atoms with Crippen molar-refractivity contribution in [2.24, 2.45) is 0 Å². The summed E-state index contributed by atoms with van der Waals surface area (Å²) in [5.74, 6) is 1.84. The van der Waals surface area contributed by atoms with Gasteiger partial charge in [-0.1, -0.05) is 48.5 Å². The van der Waals surface area contributed by atoms with Gasteiger partial charge in [0.25, 0.3) is 0 Å². The zero-order chi connectivity index (χ0) is 16.7. The van der Waals surface area contributed by atoms with Crippen molar-refractivity contribution in [3.63, 3.8) is 0 Å². The highest BCUT2D eigenvalue weighted by Crippen LogP contribution is 2.21. The smallest absolute Gasteiger partial charge is 0.310 e. The molecule has 0 aliphatic heterocycles. The first-order valence-electron chi connectivity index (χ1n) is 7.73. The first-order valence-corrected chi connectivity index (χ1v) is 11.1. The molecule has 2 aromatic rings. The quantitative estimate of drug-likeness (QED) is 0.508. The molecule has 0 saturated carbocycles. The van der Waals surface area contributed by atoms with Gasteiger partial charge in [0.1, 0.15) is 12.4 Å². The van der Waals surface area contributed by atoms with Crippen molar-refractivity contribution in [1.82, 2.24) is 0 Å². The van der Waals surface area contributed by atoms with Gasteiger partial charge in [-0.15, -0.1) is 0 Å². The van der Waals surface area contributed by atoms with Crippen LogP contribution in [0.25, 0.3) is 0 Å². The third kappa shape index (κ3) is 6.20. The molecule has 0 unspecified atom stereocenters. The number of ether oxygens (including phenoxy) is 2. The van der Waals surface area contributed by atoms with Gasteiger partial charge >= 0.3 is 5.95 Å². The van der Waals surface area contributed by atoms with Crippen LogP contribution >= 0.6 is 0 Å². The fraction of sp³-hybridized carbons (Fsp3) is 0.263. The molecule has 122 valence electrons. The molecule has 2 rings (SSSR count). The van der Waals surface area contributed by atoms with Gasteiger partial charge < -0.3 is 13.9 Å². The van der Waals surface area contributed by atoms with Crippen LogP contribution < -0.4 is 4.74 Å². The van der Waals surface area contributed by atoms with Crippen LogP contribution in [0, 0.1) is 0 Å². The third-order valence-electron chi connectivity index (χ3n) is 2.94. The average Bonchev–Trinajstić information content (AvgIpc) is 2.53. The van der Waals surface area contributed by atoms with Crippen molar-refractivity contribution in [2.75, 3.05) is 0 Å². The van der Waals surface area contributed by atoms with Gasteiger partial charge in [0.15, 0.2) is 5.76 Å². The molecule has 0 heterocycles. The first-order chi connectivity index (χ1) is 10.9. The molecule has 4 heteroatoms. The van der Waals surface area contributed by atoms with Crippen molar-refractivity contribution in [1.29, 1.82) is 0 Å². The van der Waals surface area contributed by atoms with Crippen LogP contribution in [0.3, 0.4) is 0 Å². The molecular weight excluding hydrogens is 304 g/mol. The Morgan fingerprint density at radius 1 is 0.870 bits per heavy atom. The minimum absolute atomic E-state index is 0.450. The predicted molar refractivity (Wildman–Crippen MR) is 95.4 cm³/mol. The van der Waals surface area contributed by atoms with Crippen molar-refractivity contribution in [2.45, 2.75) is 33.2 Å². The summed E-state index contributed by atoms with van der Waals surface area (Å²) in [5.41, 5.74) is 1.11. The molecule has 0 radical (unpaired) electrons. The van der Waals surface area contributed by atoms with Gasteiger partial charge in [-0.2, -0.15) is 0 Å². The Labute approximate surface area is 139 Å². The first kappa shape index (κ1) is 17.2. The van der Waals surface area contributed by atoms with Gasteiger partial charge in [-0.3, -0.25) is 0 Å². The lowest BCUT2D eigenvalue weighted by Crippen LogP contribution is -2.27. The highest BCUT2D eigenvalue weighted by molar-refractivity contribution is 6.70. The van der Waals surface area contributed by atoms with Gasteiger partial charge in [-0.25, -0.2) is 0 Å². The van der Waals surface area contributed by atoms with Gasteiger partial charge in [0.2, 0.25) is 8.32 Å². The topological polar surface area (TPSA) is 27.7 Å². The van der Waals surface area contributed by atoms with E-state index in [9.17, 15) is 0 Å². The molecule has 0 atom stereocenters. The van der Waals surface area contributed by atoms with Crippen LogP contribution in [0.5, 0.6) is 5.75 Å². The molecular formula is C19H24O3Si. The second-order valence-corrected chi connectivity index (χ2v) is 10.7. The van der Waals surface area contributed by atoms with Crippen molar-refractivity contribution >= 4 is 8.32 Å². The van der Waals surface area contributed by atoms with E-state index in [2.05, 4.69) is 19.6 Å². The molecule has 0 aromatic heterocycles. The number of benzene rings is 2. The maximum atomic E-state index is 6.06. The highest BCUT2D eigenvalue weighted by Gasteiger charge is 2.21. The van der Waals surface area contributed by atoms with Gasteiger partial charge in [0, 0.05) is 6.92 Å². The second-order valence-electron chi connectivity index (χ2n) is 6.25. The fourth-order valence-electron chi connectivity index (χ4n) is 1.86. The van der Waals surface area contributed by atoms with E-state index in [1.165, 1.54) is 0 Å². The minimum atomic E-state index is -1.81. The lowest BCUT2D eigenvalue weighted by atomic mass is 10.2. The Morgan fingerprint density at radius 2 is 1.43 bits per heavy atom. The Kier molecular flexibility index (Phi) is 5.88. The summed E-state index contributed by atoms with van der Waals surface area (Å²) < 4.78 is 17.8.